The molecule has 7 heteroatoms. The minimum Gasteiger partial charge on any atom is -0.469 e. The Morgan fingerprint density at radius 2 is 2.19 bits per heavy atom. The Kier molecular flexibility index (Phi) is 4.34. The highest BCUT2D eigenvalue weighted by molar-refractivity contribution is 5.96. The normalized spacial score (nSPS) is 24.4. The number of hydrogen-bond donors (Lipinski definition) is 2. The summed E-state index contributed by atoms with van der Waals surface area (Å²) in [6, 6.07) is 0.121. The van der Waals surface area contributed by atoms with Crippen molar-refractivity contribution in [1.82, 2.24) is 20.3 Å². The van der Waals surface area contributed by atoms with Crippen molar-refractivity contribution in [1.29, 1.82) is 0 Å². The summed E-state index contributed by atoms with van der Waals surface area (Å²) in [5.41, 5.74) is 1.40. The number of carbonyl (C=O) groups excluding carboxylic acids is 1. The fourth-order valence-electron chi connectivity index (χ4n) is 4.21. The van der Waals surface area contributed by atoms with Gasteiger partial charge >= 0.3 is 0 Å². The van der Waals surface area contributed by atoms with E-state index < -0.39 is 5.60 Å². The molecule has 2 aliphatic carbocycles. The van der Waals surface area contributed by atoms with Crippen LogP contribution in [-0.2, 0) is 12.1 Å². The second-order valence-corrected chi connectivity index (χ2v) is 7.83. The molecule has 0 unspecified atom stereocenters. The zero-order valence-corrected chi connectivity index (χ0v) is 15.4. The van der Waals surface area contributed by atoms with Crippen LogP contribution < -0.4 is 5.32 Å². The standard InChI is InChI=1S/C19H26N4O3/c1-12-11-26-13(2)17(12)18(24)20-15-6-3-5-14(15)9-23-10-16(21-22-23)19(25)7-4-8-19/h10-11,14-15,25H,3-9H2,1-2H3,(H,20,24)/t14-,15-/m1/s1. The van der Waals surface area contributed by atoms with Gasteiger partial charge in [0, 0.05) is 18.2 Å². The summed E-state index contributed by atoms with van der Waals surface area (Å²) in [5, 5.41) is 21.9. The lowest BCUT2D eigenvalue weighted by Gasteiger charge is -2.34. The largest absolute Gasteiger partial charge is 0.469 e. The van der Waals surface area contributed by atoms with Crippen LogP contribution in [0.5, 0.6) is 0 Å². The third kappa shape index (κ3) is 3.05. The first-order valence-corrected chi connectivity index (χ1v) is 9.45. The number of carbonyl (C=O) groups is 1. The molecule has 2 atom stereocenters. The summed E-state index contributed by atoms with van der Waals surface area (Å²) < 4.78 is 7.16. The SMILES string of the molecule is Cc1coc(C)c1C(=O)N[C@@H]1CCC[C@@H]1Cn1cc(C2(O)CCC2)nn1. The molecule has 4 rings (SSSR count). The van der Waals surface area contributed by atoms with E-state index in [2.05, 4.69) is 15.6 Å². The first kappa shape index (κ1) is 17.3. The Hall–Kier alpha value is -2.15. The molecule has 0 aromatic carbocycles. The lowest BCUT2D eigenvalue weighted by molar-refractivity contribution is -0.0427. The van der Waals surface area contributed by atoms with Gasteiger partial charge < -0.3 is 14.8 Å². The molecule has 2 fully saturated rings. The minimum absolute atomic E-state index is 0.0614. The third-order valence-electron chi connectivity index (χ3n) is 5.98. The molecule has 0 bridgehead atoms. The molecule has 2 aliphatic rings. The molecule has 2 aromatic heterocycles. The zero-order chi connectivity index (χ0) is 18.3. The van der Waals surface area contributed by atoms with Crippen LogP contribution in [0.2, 0.25) is 0 Å². The summed E-state index contributed by atoms with van der Waals surface area (Å²) in [6.07, 6.45) is 9.15. The van der Waals surface area contributed by atoms with Gasteiger partial charge in [-0.2, -0.15) is 0 Å². The smallest absolute Gasteiger partial charge is 0.255 e. The first-order chi connectivity index (χ1) is 12.5. The van der Waals surface area contributed by atoms with Gasteiger partial charge in [0.2, 0.25) is 0 Å². The van der Waals surface area contributed by atoms with Gasteiger partial charge in [-0.3, -0.25) is 9.48 Å². The van der Waals surface area contributed by atoms with Crippen LogP contribution in [0.15, 0.2) is 16.9 Å². The van der Waals surface area contributed by atoms with E-state index in [1.54, 1.807) is 6.26 Å². The van der Waals surface area contributed by atoms with Crippen molar-refractivity contribution in [3.05, 3.63) is 35.0 Å². The van der Waals surface area contributed by atoms with Crippen molar-refractivity contribution < 1.29 is 14.3 Å². The van der Waals surface area contributed by atoms with Crippen LogP contribution in [0.3, 0.4) is 0 Å². The van der Waals surface area contributed by atoms with E-state index in [0.29, 0.717) is 29.5 Å². The maximum absolute atomic E-state index is 12.6. The van der Waals surface area contributed by atoms with Crippen molar-refractivity contribution in [3.63, 3.8) is 0 Å². The number of nitrogens with zero attached hydrogens (tertiary/aromatic N) is 3. The van der Waals surface area contributed by atoms with Gasteiger partial charge in [-0.05, 0) is 51.9 Å². The monoisotopic (exact) mass is 358 g/mol. The number of furan rings is 1. The van der Waals surface area contributed by atoms with E-state index in [1.807, 2.05) is 24.7 Å². The molecule has 2 heterocycles. The van der Waals surface area contributed by atoms with Crippen molar-refractivity contribution in [3.8, 4) is 0 Å². The topological polar surface area (TPSA) is 93.2 Å². The highest BCUT2D eigenvalue weighted by Gasteiger charge is 2.39. The summed E-state index contributed by atoms with van der Waals surface area (Å²) in [4.78, 5) is 12.6. The summed E-state index contributed by atoms with van der Waals surface area (Å²) >= 11 is 0. The van der Waals surface area contributed by atoms with E-state index in [9.17, 15) is 9.90 Å². The van der Waals surface area contributed by atoms with Crippen molar-refractivity contribution in [2.45, 2.75) is 70.6 Å². The second kappa shape index (κ2) is 6.54. The lowest BCUT2D eigenvalue weighted by atomic mass is 9.78. The fraction of sp³-hybridized carbons (Fsp3) is 0.632. The molecule has 1 amide bonds. The van der Waals surface area contributed by atoms with Gasteiger partial charge in [0.25, 0.3) is 5.91 Å². The lowest BCUT2D eigenvalue weighted by Crippen LogP contribution is -2.39. The molecule has 140 valence electrons. The third-order valence-corrected chi connectivity index (χ3v) is 5.98. The molecular weight excluding hydrogens is 332 g/mol. The number of hydrogen-bond acceptors (Lipinski definition) is 5. The van der Waals surface area contributed by atoms with Gasteiger partial charge in [-0.15, -0.1) is 5.10 Å². The highest BCUT2D eigenvalue weighted by atomic mass is 16.3. The van der Waals surface area contributed by atoms with E-state index >= 15 is 0 Å². The van der Waals surface area contributed by atoms with Crippen molar-refractivity contribution in [2.75, 3.05) is 0 Å². The van der Waals surface area contributed by atoms with Gasteiger partial charge in [-0.1, -0.05) is 11.6 Å². The Balaban J connectivity index is 1.41. The number of aryl methyl sites for hydroxylation is 2. The van der Waals surface area contributed by atoms with Crippen molar-refractivity contribution >= 4 is 5.91 Å². The molecule has 7 nitrogen and oxygen atoms in total. The number of aliphatic hydroxyl groups is 1. The van der Waals surface area contributed by atoms with Crippen LogP contribution in [0.4, 0.5) is 0 Å². The van der Waals surface area contributed by atoms with Gasteiger partial charge in [0.1, 0.15) is 17.1 Å². The average Bonchev–Trinajstić information content (AvgIpc) is 3.28. The Morgan fingerprint density at radius 1 is 1.38 bits per heavy atom. The molecule has 2 N–H and O–H groups in total. The first-order valence-electron chi connectivity index (χ1n) is 9.45. The van der Waals surface area contributed by atoms with Gasteiger partial charge in [0.15, 0.2) is 0 Å². The van der Waals surface area contributed by atoms with Crippen LogP contribution in [0.1, 0.15) is 65.9 Å². The van der Waals surface area contributed by atoms with E-state index in [1.165, 1.54) is 0 Å². The van der Waals surface area contributed by atoms with E-state index in [-0.39, 0.29) is 11.9 Å². The number of nitrogens with one attached hydrogen (secondary N) is 1. The predicted molar refractivity (Wildman–Crippen MR) is 94.5 cm³/mol. The molecule has 0 radical (unpaired) electrons. The maximum atomic E-state index is 12.6. The molecular formula is C19H26N4O3. The average molecular weight is 358 g/mol. The molecule has 0 aliphatic heterocycles. The van der Waals surface area contributed by atoms with Crippen LogP contribution in [0, 0.1) is 19.8 Å². The molecule has 2 saturated carbocycles. The summed E-state index contributed by atoms with van der Waals surface area (Å²) in [7, 11) is 0. The van der Waals surface area contributed by atoms with E-state index in [4.69, 9.17) is 4.42 Å². The van der Waals surface area contributed by atoms with Crippen LogP contribution in [-0.4, -0.2) is 32.0 Å². The Bertz CT molecular complexity index is 786. The number of amides is 1. The Morgan fingerprint density at radius 3 is 2.85 bits per heavy atom. The number of aromatic nitrogens is 3. The fourth-order valence-corrected chi connectivity index (χ4v) is 4.21. The van der Waals surface area contributed by atoms with Crippen molar-refractivity contribution in [2.24, 2.45) is 5.92 Å². The van der Waals surface area contributed by atoms with E-state index in [0.717, 1.165) is 44.1 Å². The van der Waals surface area contributed by atoms with Gasteiger partial charge in [-0.25, -0.2) is 0 Å². The molecule has 26 heavy (non-hydrogen) atoms. The predicted octanol–water partition coefficient (Wildman–Crippen LogP) is 2.46. The zero-order valence-electron chi connectivity index (χ0n) is 15.4. The highest BCUT2D eigenvalue weighted by Crippen LogP contribution is 2.39. The van der Waals surface area contributed by atoms with Crippen LogP contribution >= 0.6 is 0 Å². The summed E-state index contributed by atoms with van der Waals surface area (Å²) in [5.74, 6) is 0.912. The maximum Gasteiger partial charge on any atom is 0.255 e. The quantitative estimate of drug-likeness (QED) is 0.856. The Labute approximate surface area is 152 Å². The second-order valence-electron chi connectivity index (χ2n) is 7.83. The molecule has 0 spiro atoms. The molecule has 0 saturated heterocycles. The van der Waals surface area contributed by atoms with Gasteiger partial charge in [0.05, 0.1) is 18.0 Å². The number of rotatable bonds is 5. The minimum atomic E-state index is -0.780. The molecule has 2 aromatic rings. The summed E-state index contributed by atoms with van der Waals surface area (Å²) in [6.45, 7) is 4.41. The van der Waals surface area contributed by atoms with Crippen LogP contribution in [0.25, 0.3) is 0 Å².